The summed E-state index contributed by atoms with van der Waals surface area (Å²) in [6.07, 6.45) is 0.00440. The number of ether oxygens (including phenoxy) is 1. The lowest BCUT2D eigenvalue weighted by atomic mass is 10.1. The Morgan fingerprint density at radius 2 is 1.59 bits per heavy atom. The van der Waals surface area contributed by atoms with Crippen molar-refractivity contribution in [3.63, 3.8) is 0 Å². The number of aryl methyl sites for hydroxylation is 3. The fourth-order valence-electron chi connectivity index (χ4n) is 3.27. The second-order valence-electron chi connectivity index (χ2n) is 7.63. The zero-order valence-electron chi connectivity index (χ0n) is 18.8. The van der Waals surface area contributed by atoms with Crippen molar-refractivity contribution in [3.05, 3.63) is 83.4 Å². The van der Waals surface area contributed by atoms with E-state index in [9.17, 15) is 13.2 Å². The number of nitrogens with one attached hydrogen (secondary N) is 1. The van der Waals surface area contributed by atoms with Crippen molar-refractivity contribution in [3.8, 4) is 5.75 Å². The van der Waals surface area contributed by atoms with Gasteiger partial charge >= 0.3 is 0 Å². The van der Waals surface area contributed by atoms with Crippen LogP contribution in [0.2, 0.25) is 0 Å². The minimum atomic E-state index is -3.88. The molecule has 0 aliphatic rings. The lowest BCUT2D eigenvalue weighted by molar-refractivity contribution is -0.116. The lowest BCUT2D eigenvalue weighted by Crippen LogP contribution is -2.34. The van der Waals surface area contributed by atoms with Gasteiger partial charge in [-0.25, -0.2) is 8.42 Å². The Labute approximate surface area is 189 Å². The molecule has 0 aromatic heterocycles. The molecule has 168 valence electrons. The number of hydrogen-bond acceptors (Lipinski definition) is 4. The average Bonchev–Trinajstić information content (AvgIpc) is 2.77. The molecule has 6 nitrogen and oxygen atoms in total. The van der Waals surface area contributed by atoms with Crippen LogP contribution in [0.5, 0.6) is 5.75 Å². The van der Waals surface area contributed by atoms with Gasteiger partial charge in [0.05, 0.1) is 17.7 Å². The molecule has 0 heterocycles. The highest BCUT2D eigenvalue weighted by atomic mass is 32.2. The SMILES string of the molecule is COc1ccc(N(CCC(=O)Nc2ccccc2C)S(=O)(=O)c2ccc(C)c(C)c2)cc1. The van der Waals surface area contributed by atoms with Crippen molar-refractivity contribution in [1.82, 2.24) is 0 Å². The Morgan fingerprint density at radius 1 is 0.906 bits per heavy atom. The summed E-state index contributed by atoms with van der Waals surface area (Å²) in [6.45, 7) is 5.72. The van der Waals surface area contributed by atoms with E-state index in [1.165, 1.54) is 4.31 Å². The third-order valence-corrected chi connectivity index (χ3v) is 7.21. The number of hydrogen-bond donors (Lipinski definition) is 1. The predicted octanol–water partition coefficient (Wildman–Crippen LogP) is 4.84. The maximum Gasteiger partial charge on any atom is 0.264 e. The molecule has 1 amide bonds. The molecule has 1 N–H and O–H groups in total. The summed E-state index contributed by atoms with van der Waals surface area (Å²) in [5.41, 5.74) is 4.02. The van der Waals surface area contributed by atoms with Gasteiger partial charge in [0.2, 0.25) is 5.91 Å². The van der Waals surface area contributed by atoms with Gasteiger partial charge in [-0.2, -0.15) is 0 Å². The summed E-state index contributed by atoms with van der Waals surface area (Å²) in [5.74, 6) is 0.364. The minimum absolute atomic E-state index is 0.000694. The van der Waals surface area contributed by atoms with Crippen molar-refractivity contribution in [2.24, 2.45) is 0 Å². The molecule has 0 unspecified atom stereocenters. The van der Waals surface area contributed by atoms with Crippen LogP contribution < -0.4 is 14.4 Å². The molecule has 3 aromatic carbocycles. The van der Waals surface area contributed by atoms with Gasteiger partial charge in [-0.3, -0.25) is 9.10 Å². The van der Waals surface area contributed by atoms with Crippen molar-refractivity contribution in [1.29, 1.82) is 0 Å². The summed E-state index contributed by atoms with van der Waals surface area (Å²) in [6, 6.07) is 19.3. The first-order valence-electron chi connectivity index (χ1n) is 10.3. The van der Waals surface area contributed by atoms with E-state index in [0.29, 0.717) is 17.1 Å². The molecular formula is C25H28N2O4S. The van der Waals surface area contributed by atoms with Crippen LogP contribution in [0.1, 0.15) is 23.1 Å². The van der Waals surface area contributed by atoms with Crippen molar-refractivity contribution in [2.75, 3.05) is 23.3 Å². The normalized spacial score (nSPS) is 11.1. The van der Waals surface area contributed by atoms with Crippen molar-refractivity contribution < 1.29 is 17.9 Å². The highest BCUT2D eigenvalue weighted by molar-refractivity contribution is 7.92. The molecule has 0 fully saturated rings. The molecule has 0 atom stereocenters. The standard InChI is InChI=1S/C25H28N2O4S/c1-18-9-14-23(17-20(18)3)32(29,30)27(21-10-12-22(31-4)13-11-21)16-15-25(28)26-24-8-6-5-7-19(24)2/h5-14,17H,15-16H2,1-4H3,(H,26,28). The van der Waals surface area contributed by atoms with Crippen LogP contribution in [0.3, 0.4) is 0 Å². The second kappa shape index (κ2) is 9.87. The van der Waals surface area contributed by atoms with E-state index in [-0.39, 0.29) is 23.8 Å². The third kappa shape index (κ3) is 5.29. The summed E-state index contributed by atoms with van der Waals surface area (Å²) < 4.78 is 33.5. The lowest BCUT2D eigenvalue weighted by Gasteiger charge is -2.25. The molecule has 3 aromatic rings. The van der Waals surface area contributed by atoms with Gasteiger partial charge in [-0.1, -0.05) is 24.3 Å². The second-order valence-corrected chi connectivity index (χ2v) is 9.50. The molecule has 0 aliphatic carbocycles. The maximum atomic E-state index is 13.5. The van der Waals surface area contributed by atoms with Crippen LogP contribution in [0.4, 0.5) is 11.4 Å². The summed E-state index contributed by atoms with van der Waals surface area (Å²) in [7, 11) is -2.33. The van der Waals surface area contributed by atoms with E-state index in [1.807, 2.05) is 45.0 Å². The third-order valence-electron chi connectivity index (χ3n) is 5.39. The van der Waals surface area contributed by atoms with Crippen LogP contribution in [0, 0.1) is 20.8 Å². The number of rotatable bonds is 8. The Balaban J connectivity index is 1.89. The molecular weight excluding hydrogens is 424 g/mol. The molecule has 0 saturated heterocycles. The Hall–Kier alpha value is -3.32. The van der Waals surface area contributed by atoms with Gasteiger partial charge in [0.1, 0.15) is 5.75 Å². The topological polar surface area (TPSA) is 75.7 Å². The van der Waals surface area contributed by atoms with Gasteiger partial charge in [-0.05, 0) is 79.9 Å². The van der Waals surface area contributed by atoms with Crippen LogP contribution in [0.25, 0.3) is 0 Å². The van der Waals surface area contributed by atoms with Crippen LogP contribution in [-0.4, -0.2) is 28.0 Å². The predicted molar refractivity (Wildman–Crippen MR) is 128 cm³/mol. The van der Waals surface area contributed by atoms with E-state index in [1.54, 1.807) is 49.6 Å². The van der Waals surface area contributed by atoms with E-state index in [0.717, 1.165) is 16.7 Å². The first-order chi connectivity index (χ1) is 15.2. The highest BCUT2D eigenvalue weighted by Crippen LogP contribution is 2.27. The molecule has 3 rings (SSSR count). The first kappa shape index (κ1) is 23.3. The zero-order chi connectivity index (χ0) is 23.3. The number of methoxy groups -OCH3 is 1. The summed E-state index contributed by atoms with van der Waals surface area (Å²) in [4.78, 5) is 12.8. The molecule has 32 heavy (non-hydrogen) atoms. The number of anilines is 2. The van der Waals surface area contributed by atoms with Gasteiger partial charge in [0.15, 0.2) is 0 Å². The minimum Gasteiger partial charge on any atom is -0.497 e. The average molecular weight is 453 g/mol. The Kier molecular flexibility index (Phi) is 7.20. The van der Waals surface area contributed by atoms with Gasteiger partial charge in [0, 0.05) is 18.7 Å². The van der Waals surface area contributed by atoms with Crippen LogP contribution >= 0.6 is 0 Å². The quantitative estimate of drug-likeness (QED) is 0.530. The fraction of sp³-hybridized carbons (Fsp3) is 0.240. The smallest absolute Gasteiger partial charge is 0.264 e. The monoisotopic (exact) mass is 452 g/mol. The molecule has 0 aliphatic heterocycles. The van der Waals surface area contributed by atoms with E-state index >= 15 is 0 Å². The Bertz CT molecular complexity index is 1200. The molecule has 0 spiro atoms. The zero-order valence-corrected chi connectivity index (χ0v) is 19.6. The fourth-order valence-corrected chi connectivity index (χ4v) is 4.82. The maximum absolute atomic E-state index is 13.5. The number of sulfonamides is 1. The van der Waals surface area contributed by atoms with Crippen LogP contribution in [0.15, 0.2) is 71.6 Å². The number of amides is 1. The van der Waals surface area contributed by atoms with Crippen LogP contribution in [-0.2, 0) is 14.8 Å². The summed E-state index contributed by atoms with van der Waals surface area (Å²) >= 11 is 0. The summed E-state index contributed by atoms with van der Waals surface area (Å²) in [5, 5.41) is 2.86. The van der Waals surface area contributed by atoms with Gasteiger partial charge < -0.3 is 10.1 Å². The highest BCUT2D eigenvalue weighted by Gasteiger charge is 2.26. The molecule has 7 heteroatoms. The number of carbonyl (C=O) groups excluding carboxylic acids is 1. The van der Waals surface area contributed by atoms with Gasteiger partial charge in [0.25, 0.3) is 10.0 Å². The molecule has 0 radical (unpaired) electrons. The van der Waals surface area contributed by atoms with E-state index < -0.39 is 10.0 Å². The number of nitrogens with zero attached hydrogens (tertiary/aromatic N) is 1. The first-order valence-corrected chi connectivity index (χ1v) is 11.8. The van der Waals surface area contributed by atoms with E-state index in [4.69, 9.17) is 4.74 Å². The number of para-hydroxylation sites is 1. The van der Waals surface area contributed by atoms with E-state index in [2.05, 4.69) is 5.32 Å². The Morgan fingerprint density at radius 3 is 2.22 bits per heavy atom. The largest absolute Gasteiger partial charge is 0.497 e. The number of carbonyl (C=O) groups is 1. The molecule has 0 bridgehead atoms. The van der Waals surface area contributed by atoms with Gasteiger partial charge in [-0.15, -0.1) is 0 Å². The van der Waals surface area contributed by atoms with Crippen molar-refractivity contribution >= 4 is 27.3 Å². The molecule has 0 saturated carbocycles. The number of benzene rings is 3. The van der Waals surface area contributed by atoms with Crippen molar-refractivity contribution in [2.45, 2.75) is 32.1 Å².